The summed E-state index contributed by atoms with van der Waals surface area (Å²) in [4.78, 5) is 14.6. The van der Waals surface area contributed by atoms with E-state index in [0.29, 0.717) is 12.4 Å². The van der Waals surface area contributed by atoms with Gasteiger partial charge in [0.05, 0.1) is 11.7 Å². The number of aromatic nitrogens is 1. The number of aliphatic hydroxyl groups is 1. The molecule has 0 radical (unpaired) electrons. The first-order valence-electron chi connectivity index (χ1n) is 6.19. The molecule has 3 N–H and O–H groups in total. The highest BCUT2D eigenvalue weighted by Gasteiger charge is 2.15. The van der Waals surface area contributed by atoms with E-state index in [1.165, 1.54) is 12.3 Å². The maximum atomic E-state index is 10.6. The Kier molecular flexibility index (Phi) is 5.58. The normalized spacial score (nSPS) is 12.4. The molecule has 5 nitrogen and oxygen atoms in total. The van der Waals surface area contributed by atoms with E-state index in [1.807, 2.05) is 0 Å². The molecule has 0 fully saturated rings. The molecule has 1 aromatic heterocycles. The Morgan fingerprint density at radius 1 is 1.39 bits per heavy atom. The summed E-state index contributed by atoms with van der Waals surface area (Å²) in [5.41, 5.74) is 0.154. The van der Waals surface area contributed by atoms with Gasteiger partial charge in [0, 0.05) is 12.7 Å². The lowest BCUT2D eigenvalue weighted by Gasteiger charge is -2.20. The van der Waals surface area contributed by atoms with Gasteiger partial charge in [0.25, 0.3) is 0 Å². The van der Waals surface area contributed by atoms with Crippen LogP contribution in [0.25, 0.3) is 0 Å². The number of anilines is 1. The zero-order valence-corrected chi connectivity index (χ0v) is 10.8. The molecule has 0 saturated carbocycles. The van der Waals surface area contributed by atoms with Gasteiger partial charge < -0.3 is 15.5 Å². The van der Waals surface area contributed by atoms with Crippen molar-refractivity contribution in [1.29, 1.82) is 0 Å². The van der Waals surface area contributed by atoms with Gasteiger partial charge in [0.2, 0.25) is 0 Å². The number of rotatable bonds is 7. The molecule has 0 amide bonds. The number of pyridine rings is 1. The minimum atomic E-state index is -0.994. The molecule has 0 aliphatic carbocycles. The molecule has 1 rings (SSSR count). The molecule has 18 heavy (non-hydrogen) atoms. The Balaban J connectivity index is 2.50. The first-order valence-corrected chi connectivity index (χ1v) is 6.19. The number of nitrogens with one attached hydrogen (secondary N) is 1. The van der Waals surface area contributed by atoms with Crippen LogP contribution in [0.2, 0.25) is 0 Å². The van der Waals surface area contributed by atoms with E-state index >= 15 is 0 Å². The van der Waals surface area contributed by atoms with Crippen molar-refractivity contribution in [3.63, 3.8) is 0 Å². The van der Waals surface area contributed by atoms with Crippen LogP contribution in [0.5, 0.6) is 0 Å². The van der Waals surface area contributed by atoms with E-state index in [9.17, 15) is 9.90 Å². The van der Waals surface area contributed by atoms with E-state index in [0.717, 1.165) is 12.8 Å². The summed E-state index contributed by atoms with van der Waals surface area (Å²) in [5.74, 6) is -0.146. The maximum Gasteiger partial charge on any atom is 0.337 e. The second-order valence-electron chi connectivity index (χ2n) is 4.26. The lowest BCUT2D eigenvalue weighted by molar-refractivity contribution is 0.0696. The second-order valence-corrected chi connectivity index (χ2v) is 4.26. The van der Waals surface area contributed by atoms with Crippen LogP contribution < -0.4 is 5.32 Å². The number of carboxylic acid groups (broad SMARTS) is 1. The molecule has 0 spiro atoms. The smallest absolute Gasteiger partial charge is 0.337 e. The van der Waals surface area contributed by atoms with E-state index in [-0.39, 0.29) is 11.5 Å². The molecule has 100 valence electrons. The van der Waals surface area contributed by atoms with Gasteiger partial charge in [-0.3, -0.25) is 0 Å². The van der Waals surface area contributed by atoms with Gasteiger partial charge in [0.15, 0.2) is 0 Å². The molecule has 1 atom stereocenters. The zero-order chi connectivity index (χ0) is 13.5. The van der Waals surface area contributed by atoms with Crippen LogP contribution in [0, 0.1) is 5.92 Å². The van der Waals surface area contributed by atoms with Gasteiger partial charge in [-0.1, -0.05) is 26.7 Å². The summed E-state index contributed by atoms with van der Waals surface area (Å²) in [6, 6.07) is 3.09. The van der Waals surface area contributed by atoms with Crippen LogP contribution in [-0.4, -0.2) is 33.8 Å². The largest absolute Gasteiger partial charge is 0.478 e. The maximum absolute atomic E-state index is 10.6. The van der Waals surface area contributed by atoms with Crippen LogP contribution in [0.1, 0.15) is 37.0 Å². The van der Waals surface area contributed by atoms with Gasteiger partial charge in [-0.05, 0) is 18.1 Å². The molecule has 0 bridgehead atoms. The van der Waals surface area contributed by atoms with Crippen LogP contribution in [0.3, 0.4) is 0 Å². The van der Waals surface area contributed by atoms with Gasteiger partial charge in [-0.15, -0.1) is 0 Å². The van der Waals surface area contributed by atoms with Gasteiger partial charge >= 0.3 is 5.97 Å². The van der Waals surface area contributed by atoms with Gasteiger partial charge in [-0.25, -0.2) is 9.78 Å². The van der Waals surface area contributed by atoms with Crippen molar-refractivity contribution in [2.75, 3.05) is 11.9 Å². The third-order valence-corrected chi connectivity index (χ3v) is 3.10. The van der Waals surface area contributed by atoms with Crippen molar-refractivity contribution < 1.29 is 15.0 Å². The summed E-state index contributed by atoms with van der Waals surface area (Å²) in [7, 11) is 0. The standard InChI is InChI=1S/C13H20N2O3/c1-3-9(4-2)11(16)8-15-12-6-5-10(7-14-12)13(17)18/h5-7,9,11,16H,3-4,8H2,1-2H3,(H,14,15)(H,17,18). The fourth-order valence-corrected chi connectivity index (χ4v) is 1.83. The number of hydrogen-bond acceptors (Lipinski definition) is 4. The van der Waals surface area contributed by atoms with Crippen molar-refractivity contribution in [3.8, 4) is 0 Å². The average molecular weight is 252 g/mol. The highest BCUT2D eigenvalue weighted by Crippen LogP contribution is 2.14. The minimum absolute atomic E-state index is 0.154. The van der Waals surface area contributed by atoms with E-state index in [4.69, 9.17) is 5.11 Å². The number of aromatic carboxylic acids is 1. The van der Waals surface area contributed by atoms with E-state index in [2.05, 4.69) is 24.1 Å². The summed E-state index contributed by atoms with van der Waals surface area (Å²) in [6.45, 7) is 4.53. The predicted octanol–water partition coefficient (Wildman–Crippen LogP) is 1.99. The molecular formula is C13H20N2O3. The second kappa shape index (κ2) is 6.96. The zero-order valence-electron chi connectivity index (χ0n) is 10.8. The monoisotopic (exact) mass is 252 g/mol. The van der Waals surface area contributed by atoms with Crippen LogP contribution in [0.15, 0.2) is 18.3 Å². The average Bonchev–Trinajstić information content (AvgIpc) is 2.38. The molecule has 0 saturated heterocycles. The van der Waals surface area contributed by atoms with Crippen molar-refractivity contribution in [2.45, 2.75) is 32.8 Å². The predicted molar refractivity (Wildman–Crippen MR) is 69.8 cm³/mol. The van der Waals surface area contributed by atoms with Crippen molar-refractivity contribution in [1.82, 2.24) is 4.98 Å². The van der Waals surface area contributed by atoms with Crippen molar-refractivity contribution >= 4 is 11.8 Å². The Morgan fingerprint density at radius 2 is 2.06 bits per heavy atom. The first kappa shape index (κ1) is 14.4. The highest BCUT2D eigenvalue weighted by molar-refractivity contribution is 5.87. The molecule has 5 heteroatoms. The van der Waals surface area contributed by atoms with Gasteiger partial charge in [0.1, 0.15) is 5.82 Å². The SMILES string of the molecule is CCC(CC)C(O)CNc1ccc(C(=O)O)cn1. The van der Waals surface area contributed by atoms with E-state index < -0.39 is 12.1 Å². The van der Waals surface area contributed by atoms with E-state index in [1.54, 1.807) is 6.07 Å². The molecule has 1 aromatic rings. The first-order chi connectivity index (χ1) is 8.58. The molecule has 1 unspecified atom stereocenters. The molecular weight excluding hydrogens is 232 g/mol. The number of nitrogens with zero attached hydrogens (tertiary/aromatic N) is 1. The summed E-state index contributed by atoms with van der Waals surface area (Å²) in [6.07, 6.45) is 2.75. The number of aliphatic hydroxyl groups excluding tert-OH is 1. The third-order valence-electron chi connectivity index (χ3n) is 3.10. The number of carboxylic acids is 1. The van der Waals surface area contributed by atoms with Crippen LogP contribution in [-0.2, 0) is 0 Å². The lowest BCUT2D eigenvalue weighted by atomic mass is 9.96. The molecule has 0 aliphatic heterocycles. The quantitative estimate of drug-likeness (QED) is 0.691. The number of hydrogen-bond donors (Lipinski definition) is 3. The summed E-state index contributed by atoms with van der Waals surface area (Å²) in [5, 5.41) is 21.7. The lowest BCUT2D eigenvalue weighted by Crippen LogP contribution is -2.27. The van der Waals surface area contributed by atoms with Crippen LogP contribution in [0.4, 0.5) is 5.82 Å². The Labute approximate surface area is 107 Å². The topological polar surface area (TPSA) is 82.5 Å². The van der Waals surface area contributed by atoms with Crippen LogP contribution >= 0.6 is 0 Å². The fourth-order valence-electron chi connectivity index (χ4n) is 1.83. The molecule has 1 heterocycles. The number of carbonyl (C=O) groups is 1. The minimum Gasteiger partial charge on any atom is -0.478 e. The van der Waals surface area contributed by atoms with Crippen molar-refractivity contribution in [3.05, 3.63) is 23.9 Å². The molecule has 0 aromatic carbocycles. The third kappa shape index (κ3) is 4.00. The Morgan fingerprint density at radius 3 is 2.50 bits per heavy atom. The summed E-state index contributed by atoms with van der Waals surface area (Å²) < 4.78 is 0. The van der Waals surface area contributed by atoms with Gasteiger partial charge in [-0.2, -0.15) is 0 Å². The molecule has 0 aliphatic rings. The van der Waals surface area contributed by atoms with Crippen molar-refractivity contribution in [2.24, 2.45) is 5.92 Å². The Bertz CT molecular complexity index is 374. The Hall–Kier alpha value is -1.62. The fraction of sp³-hybridized carbons (Fsp3) is 0.538. The highest BCUT2D eigenvalue weighted by atomic mass is 16.4. The summed E-state index contributed by atoms with van der Waals surface area (Å²) >= 11 is 0.